The second kappa shape index (κ2) is 5.52. The van der Waals surface area contributed by atoms with Crippen molar-refractivity contribution in [2.24, 2.45) is 0 Å². The van der Waals surface area contributed by atoms with Crippen molar-refractivity contribution in [3.8, 4) is 11.5 Å². The molecule has 0 atom stereocenters. The number of aromatic hydroxyl groups is 1. The van der Waals surface area contributed by atoms with Crippen LogP contribution in [0.2, 0.25) is 0 Å². The SMILES string of the molecule is CCn1c(COc2ccccc2O)cc2cc(C)ccc21. The van der Waals surface area contributed by atoms with E-state index in [1.165, 1.54) is 16.5 Å². The van der Waals surface area contributed by atoms with Crippen LogP contribution in [-0.4, -0.2) is 9.67 Å². The minimum Gasteiger partial charge on any atom is -0.504 e. The van der Waals surface area contributed by atoms with Gasteiger partial charge in [0.1, 0.15) is 6.61 Å². The first-order valence-corrected chi connectivity index (χ1v) is 7.18. The van der Waals surface area contributed by atoms with Gasteiger partial charge >= 0.3 is 0 Å². The van der Waals surface area contributed by atoms with Gasteiger partial charge in [-0.1, -0.05) is 23.8 Å². The molecule has 1 heterocycles. The number of hydrogen-bond acceptors (Lipinski definition) is 2. The molecule has 2 aromatic carbocycles. The van der Waals surface area contributed by atoms with Crippen LogP contribution in [0.25, 0.3) is 10.9 Å². The first-order valence-electron chi connectivity index (χ1n) is 7.18. The van der Waals surface area contributed by atoms with Gasteiger partial charge < -0.3 is 14.4 Å². The standard InChI is InChI=1S/C18H19NO2/c1-3-19-15(11-14-10-13(2)8-9-16(14)19)12-21-18-7-5-4-6-17(18)20/h4-11,20H,3,12H2,1-2H3. The van der Waals surface area contributed by atoms with Crippen LogP contribution in [0.1, 0.15) is 18.2 Å². The highest BCUT2D eigenvalue weighted by molar-refractivity contribution is 5.82. The molecule has 3 aromatic rings. The molecule has 0 amide bonds. The molecule has 108 valence electrons. The molecular weight excluding hydrogens is 262 g/mol. The zero-order valence-corrected chi connectivity index (χ0v) is 12.3. The van der Waals surface area contributed by atoms with Gasteiger partial charge in [-0.25, -0.2) is 0 Å². The fourth-order valence-electron chi connectivity index (χ4n) is 2.67. The zero-order valence-electron chi connectivity index (χ0n) is 12.3. The Morgan fingerprint density at radius 1 is 1.10 bits per heavy atom. The van der Waals surface area contributed by atoms with Crippen molar-refractivity contribution < 1.29 is 9.84 Å². The summed E-state index contributed by atoms with van der Waals surface area (Å²) in [5.41, 5.74) is 3.59. The van der Waals surface area contributed by atoms with Crippen LogP contribution in [-0.2, 0) is 13.2 Å². The summed E-state index contributed by atoms with van der Waals surface area (Å²) in [5, 5.41) is 11.0. The molecule has 0 unspecified atom stereocenters. The van der Waals surface area contributed by atoms with E-state index in [-0.39, 0.29) is 5.75 Å². The maximum atomic E-state index is 9.76. The number of hydrogen-bond donors (Lipinski definition) is 1. The lowest BCUT2D eigenvalue weighted by atomic mass is 10.2. The summed E-state index contributed by atoms with van der Waals surface area (Å²) in [6.45, 7) is 5.56. The van der Waals surface area contributed by atoms with E-state index in [1.807, 2.05) is 6.07 Å². The average Bonchev–Trinajstić information content (AvgIpc) is 2.82. The molecule has 0 saturated carbocycles. The number of fused-ring (bicyclic) bond motifs is 1. The fourth-order valence-corrected chi connectivity index (χ4v) is 2.67. The van der Waals surface area contributed by atoms with E-state index in [2.05, 4.69) is 42.7 Å². The van der Waals surface area contributed by atoms with E-state index < -0.39 is 0 Å². The summed E-state index contributed by atoms with van der Waals surface area (Å²) >= 11 is 0. The van der Waals surface area contributed by atoms with Gasteiger partial charge in [-0.15, -0.1) is 0 Å². The number of ether oxygens (including phenoxy) is 1. The monoisotopic (exact) mass is 281 g/mol. The molecule has 21 heavy (non-hydrogen) atoms. The zero-order chi connectivity index (χ0) is 14.8. The number of aromatic nitrogens is 1. The van der Waals surface area contributed by atoms with Crippen molar-refractivity contribution in [1.29, 1.82) is 0 Å². The maximum Gasteiger partial charge on any atom is 0.161 e. The second-order valence-corrected chi connectivity index (χ2v) is 5.20. The lowest BCUT2D eigenvalue weighted by Gasteiger charge is -2.10. The van der Waals surface area contributed by atoms with E-state index >= 15 is 0 Å². The summed E-state index contributed by atoms with van der Waals surface area (Å²) in [6.07, 6.45) is 0. The largest absolute Gasteiger partial charge is 0.504 e. The fraction of sp³-hybridized carbons (Fsp3) is 0.222. The number of phenols is 1. The Balaban J connectivity index is 1.92. The van der Waals surface area contributed by atoms with Crippen molar-refractivity contribution in [2.75, 3.05) is 0 Å². The average molecular weight is 281 g/mol. The Labute approximate surface area is 124 Å². The van der Waals surface area contributed by atoms with Crippen molar-refractivity contribution in [3.63, 3.8) is 0 Å². The summed E-state index contributed by atoms with van der Waals surface area (Å²) in [7, 11) is 0. The highest BCUT2D eigenvalue weighted by atomic mass is 16.5. The van der Waals surface area contributed by atoms with Crippen LogP contribution in [0.15, 0.2) is 48.5 Å². The molecule has 3 rings (SSSR count). The molecule has 0 bridgehead atoms. The van der Waals surface area contributed by atoms with Gasteiger partial charge in [0.05, 0.1) is 5.69 Å². The summed E-state index contributed by atoms with van der Waals surface area (Å²) in [5.74, 6) is 0.689. The molecule has 0 aliphatic rings. The van der Waals surface area contributed by atoms with Gasteiger partial charge in [-0.3, -0.25) is 0 Å². The first kappa shape index (κ1) is 13.6. The predicted molar refractivity (Wildman–Crippen MR) is 84.8 cm³/mol. The van der Waals surface area contributed by atoms with E-state index in [1.54, 1.807) is 18.2 Å². The van der Waals surface area contributed by atoms with E-state index in [0.29, 0.717) is 12.4 Å². The number of benzene rings is 2. The lowest BCUT2D eigenvalue weighted by molar-refractivity contribution is 0.280. The number of rotatable bonds is 4. The number of nitrogens with zero attached hydrogens (tertiary/aromatic N) is 1. The normalized spacial score (nSPS) is 11.0. The Bertz CT molecular complexity index is 774. The Morgan fingerprint density at radius 3 is 2.67 bits per heavy atom. The molecule has 0 aliphatic carbocycles. The minimum absolute atomic E-state index is 0.174. The van der Waals surface area contributed by atoms with E-state index in [0.717, 1.165) is 12.2 Å². The smallest absolute Gasteiger partial charge is 0.161 e. The molecule has 0 saturated heterocycles. The molecule has 1 N–H and O–H groups in total. The number of aryl methyl sites for hydroxylation is 2. The van der Waals surface area contributed by atoms with Crippen molar-refractivity contribution in [2.45, 2.75) is 27.0 Å². The first-order chi connectivity index (χ1) is 10.2. The van der Waals surface area contributed by atoms with Gasteiger partial charge in [0, 0.05) is 17.4 Å². The van der Waals surface area contributed by atoms with Gasteiger partial charge in [-0.05, 0) is 44.2 Å². The molecule has 1 aromatic heterocycles. The van der Waals surface area contributed by atoms with Gasteiger partial charge in [0.25, 0.3) is 0 Å². The minimum atomic E-state index is 0.174. The molecule has 0 radical (unpaired) electrons. The third kappa shape index (κ3) is 2.59. The van der Waals surface area contributed by atoms with Gasteiger partial charge in [-0.2, -0.15) is 0 Å². The van der Waals surface area contributed by atoms with Crippen LogP contribution in [0.4, 0.5) is 0 Å². The third-order valence-electron chi connectivity index (χ3n) is 3.70. The Morgan fingerprint density at radius 2 is 1.90 bits per heavy atom. The lowest BCUT2D eigenvalue weighted by Crippen LogP contribution is -2.04. The van der Waals surface area contributed by atoms with Crippen LogP contribution in [0.5, 0.6) is 11.5 Å². The number of phenolic OH excluding ortho intramolecular Hbond substituents is 1. The van der Waals surface area contributed by atoms with Gasteiger partial charge in [0.2, 0.25) is 0 Å². The molecule has 3 heteroatoms. The molecular formula is C18H19NO2. The topological polar surface area (TPSA) is 34.4 Å². The molecule has 3 nitrogen and oxygen atoms in total. The highest BCUT2D eigenvalue weighted by Crippen LogP contribution is 2.27. The van der Waals surface area contributed by atoms with Crippen LogP contribution in [0, 0.1) is 6.92 Å². The molecule has 0 fully saturated rings. The third-order valence-corrected chi connectivity index (χ3v) is 3.70. The second-order valence-electron chi connectivity index (χ2n) is 5.20. The van der Waals surface area contributed by atoms with Crippen molar-refractivity contribution >= 4 is 10.9 Å². The van der Waals surface area contributed by atoms with Gasteiger partial charge in [0.15, 0.2) is 11.5 Å². The van der Waals surface area contributed by atoms with Crippen LogP contribution in [0.3, 0.4) is 0 Å². The maximum absolute atomic E-state index is 9.76. The molecule has 0 aliphatic heterocycles. The Kier molecular flexibility index (Phi) is 3.57. The molecule has 0 spiro atoms. The van der Waals surface area contributed by atoms with Crippen molar-refractivity contribution in [1.82, 2.24) is 4.57 Å². The number of para-hydroxylation sites is 2. The Hall–Kier alpha value is -2.42. The van der Waals surface area contributed by atoms with Crippen LogP contribution >= 0.6 is 0 Å². The highest BCUT2D eigenvalue weighted by Gasteiger charge is 2.09. The predicted octanol–water partition coefficient (Wildman–Crippen LogP) is 4.25. The quantitative estimate of drug-likeness (QED) is 0.775. The van der Waals surface area contributed by atoms with E-state index in [9.17, 15) is 5.11 Å². The summed E-state index contributed by atoms with van der Waals surface area (Å²) in [6, 6.07) is 15.7. The van der Waals surface area contributed by atoms with Crippen LogP contribution < -0.4 is 4.74 Å². The summed E-state index contributed by atoms with van der Waals surface area (Å²) < 4.78 is 8.00. The summed E-state index contributed by atoms with van der Waals surface area (Å²) in [4.78, 5) is 0. The van der Waals surface area contributed by atoms with E-state index in [4.69, 9.17) is 4.74 Å². The van der Waals surface area contributed by atoms with Crippen molar-refractivity contribution in [3.05, 3.63) is 59.8 Å².